The summed E-state index contributed by atoms with van der Waals surface area (Å²) in [5.74, 6) is 0.318. The van der Waals surface area contributed by atoms with Gasteiger partial charge in [-0.25, -0.2) is 14.8 Å². The Labute approximate surface area is 184 Å². The molecule has 0 spiro atoms. The number of carbonyl (C=O) groups excluding carboxylic acids is 1. The minimum Gasteiger partial charge on any atom is -0.379 e. The summed E-state index contributed by atoms with van der Waals surface area (Å²) >= 11 is 1.54. The molecule has 2 aliphatic rings. The number of amides is 2. The van der Waals surface area contributed by atoms with Crippen LogP contribution in [0.5, 0.6) is 0 Å². The first kappa shape index (κ1) is 20.2. The number of morpholine rings is 1. The molecule has 162 valence electrons. The fraction of sp³-hybridized carbons (Fsp3) is 0.476. The number of nitrogens with zero attached hydrogens (tertiary/aromatic N) is 6. The Morgan fingerprint density at radius 2 is 1.97 bits per heavy atom. The van der Waals surface area contributed by atoms with Crippen LogP contribution >= 0.6 is 11.3 Å². The van der Waals surface area contributed by atoms with Crippen molar-refractivity contribution in [2.75, 3.05) is 44.7 Å². The fourth-order valence-corrected chi connectivity index (χ4v) is 4.87. The standard InChI is InChI=1S/C21H25N7O2S/c1-14-25-26-19(31-14)15-2-3-16-13-22-20(23-18(16)12-15)24-21(29)28-6-4-17(5-7-28)27-8-10-30-11-9-27/h2-3,12-13,17H,4-11H2,1H3,(H,22,23,24,29). The van der Waals surface area contributed by atoms with E-state index in [0.29, 0.717) is 12.0 Å². The third-order valence-corrected chi connectivity index (χ3v) is 6.78. The fourth-order valence-electron chi connectivity index (χ4n) is 4.18. The van der Waals surface area contributed by atoms with Gasteiger partial charge in [0.15, 0.2) is 0 Å². The van der Waals surface area contributed by atoms with Crippen molar-refractivity contribution in [3.05, 3.63) is 29.4 Å². The molecule has 2 aliphatic heterocycles. The van der Waals surface area contributed by atoms with E-state index in [-0.39, 0.29) is 6.03 Å². The molecule has 2 saturated heterocycles. The maximum Gasteiger partial charge on any atom is 0.324 e. The van der Waals surface area contributed by atoms with Gasteiger partial charge in [-0.05, 0) is 25.8 Å². The number of benzene rings is 1. The van der Waals surface area contributed by atoms with Crippen LogP contribution in [0, 0.1) is 6.92 Å². The number of urea groups is 1. The van der Waals surface area contributed by atoms with E-state index in [4.69, 9.17) is 4.74 Å². The molecule has 2 aromatic heterocycles. The number of piperidine rings is 1. The van der Waals surface area contributed by atoms with Crippen molar-refractivity contribution in [3.63, 3.8) is 0 Å². The predicted molar refractivity (Wildman–Crippen MR) is 119 cm³/mol. The Bertz CT molecular complexity index is 1070. The minimum absolute atomic E-state index is 0.143. The van der Waals surface area contributed by atoms with Gasteiger partial charge in [0.2, 0.25) is 5.95 Å². The summed E-state index contributed by atoms with van der Waals surface area (Å²) in [7, 11) is 0. The molecule has 9 nitrogen and oxygen atoms in total. The second-order valence-electron chi connectivity index (χ2n) is 7.89. The Morgan fingerprint density at radius 3 is 2.71 bits per heavy atom. The Hall–Kier alpha value is -2.69. The van der Waals surface area contributed by atoms with Crippen LogP contribution in [0.3, 0.4) is 0 Å². The molecule has 2 amide bonds. The zero-order valence-electron chi connectivity index (χ0n) is 17.5. The smallest absolute Gasteiger partial charge is 0.324 e. The van der Waals surface area contributed by atoms with Crippen LogP contribution in [0.1, 0.15) is 17.8 Å². The monoisotopic (exact) mass is 439 g/mol. The van der Waals surface area contributed by atoms with Gasteiger partial charge in [-0.1, -0.05) is 23.5 Å². The molecule has 2 fully saturated rings. The third-order valence-electron chi connectivity index (χ3n) is 5.89. The van der Waals surface area contributed by atoms with Crippen molar-refractivity contribution < 1.29 is 9.53 Å². The minimum atomic E-state index is -0.143. The molecule has 31 heavy (non-hydrogen) atoms. The quantitative estimate of drug-likeness (QED) is 0.670. The van der Waals surface area contributed by atoms with Crippen molar-refractivity contribution in [1.29, 1.82) is 0 Å². The first-order valence-electron chi connectivity index (χ1n) is 10.6. The summed E-state index contributed by atoms with van der Waals surface area (Å²) in [5.41, 5.74) is 1.72. The average molecular weight is 440 g/mol. The van der Waals surface area contributed by atoms with Crippen molar-refractivity contribution in [3.8, 4) is 10.6 Å². The first-order chi connectivity index (χ1) is 15.2. The van der Waals surface area contributed by atoms with Crippen LogP contribution in [0.25, 0.3) is 21.5 Å². The van der Waals surface area contributed by atoms with Crippen molar-refractivity contribution in [2.45, 2.75) is 25.8 Å². The summed E-state index contributed by atoms with van der Waals surface area (Å²) in [5, 5.41) is 13.8. The van der Waals surface area contributed by atoms with E-state index in [0.717, 1.165) is 78.7 Å². The number of fused-ring (bicyclic) bond motifs is 1. The highest BCUT2D eigenvalue weighted by atomic mass is 32.1. The summed E-state index contributed by atoms with van der Waals surface area (Å²) in [4.78, 5) is 26.0. The van der Waals surface area contributed by atoms with Gasteiger partial charge in [-0.3, -0.25) is 10.2 Å². The summed E-state index contributed by atoms with van der Waals surface area (Å²) < 4.78 is 5.44. The van der Waals surface area contributed by atoms with E-state index in [1.807, 2.05) is 30.0 Å². The van der Waals surface area contributed by atoms with Crippen LogP contribution in [0.4, 0.5) is 10.7 Å². The van der Waals surface area contributed by atoms with Gasteiger partial charge < -0.3 is 9.64 Å². The van der Waals surface area contributed by atoms with Gasteiger partial charge >= 0.3 is 6.03 Å². The van der Waals surface area contributed by atoms with E-state index in [1.54, 1.807) is 17.5 Å². The third kappa shape index (κ3) is 4.51. The van der Waals surface area contributed by atoms with E-state index in [2.05, 4.69) is 30.4 Å². The van der Waals surface area contributed by atoms with Crippen molar-refractivity contribution in [1.82, 2.24) is 30.0 Å². The van der Waals surface area contributed by atoms with Crippen molar-refractivity contribution >= 4 is 34.2 Å². The van der Waals surface area contributed by atoms with Crippen LogP contribution < -0.4 is 5.32 Å². The highest BCUT2D eigenvalue weighted by molar-refractivity contribution is 7.14. The second kappa shape index (κ2) is 8.81. The molecular weight excluding hydrogens is 414 g/mol. The zero-order valence-corrected chi connectivity index (χ0v) is 18.3. The number of rotatable bonds is 3. The highest BCUT2D eigenvalue weighted by Gasteiger charge is 2.28. The van der Waals surface area contributed by atoms with E-state index < -0.39 is 0 Å². The summed E-state index contributed by atoms with van der Waals surface area (Å²) in [6, 6.07) is 6.30. The molecule has 0 atom stereocenters. The highest BCUT2D eigenvalue weighted by Crippen LogP contribution is 2.26. The van der Waals surface area contributed by atoms with Gasteiger partial charge in [0, 0.05) is 49.4 Å². The van der Waals surface area contributed by atoms with Crippen LogP contribution in [-0.2, 0) is 4.74 Å². The molecule has 3 aromatic rings. The number of carbonyl (C=O) groups is 1. The van der Waals surface area contributed by atoms with E-state index in [1.165, 1.54) is 0 Å². The summed E-state index contributed by atoms with van der Waals surface area (Å²) in [6.07, 6.45) is 3.70. The Kier molecular flexibility index (Phi) is 5.75. The lowest BCUT2D eigenvalue weighted by molar-refractivity contribution is 0.00419. The van der Waals surface area contributed by atoms with Gasteiger partial charge in [-0.2, -0.15) is 0 Å². The van der Waals surface area contributed by atoms with Gasteiger partial charge in [0.05, 0.1) is 18.7 Å². The topological polar surface area (TPSA) is 96.4 Å². The molecule has 1 N–H and O–H groups in total. The first-order valence-corrected chi connectivity index (χ1v) is 11.4. The molecule has 0 bridgehead atoms. The van der Waals surface area contributed by atoms with Gasteiger partial charge in [0.1, 0.15) is 10.0 Å². The number of nitrogens with one attached hydrogen (secondary N) is 1. The van der Waals surface area contributed by atoms with Gasteiger partial charge in [0.25, 0.3) is 0 Å². The molecular formula is C21H25N7O2S. The second-order valence-corrected chi connectivity index (χ2v) is 9.07. The van der Waals surface area contributed by atoms with E-state index >= 15 is 0 Å². The molecule has 4 heterocycles. The number of hydrogen-bond donors (Lipinski definition) is 1. The number of aryl methyl sites for hydroxylation is 1. The van der Waals surface area contributed by atoms with Crippen LogP contribution in [0.2, 0.25) is 0 Å². The zero-order chi connectivity index (χ0) is 21.2. The molecule has 5 rings (SSSR count). The number of hydrogen-bond acceptors (Lipinski definition) is 8. The molecule has 10 heteroatoms. The number of anilines is 1. The number of aromatic nitrogens is 4. The number of likely N-dealkylation sites (tertiary alicyclic amines) is 1. The Balaban J connectivity index is 1.24. The van der Waals surface area contributed by atoms with E-state index in [9.17, 15) is 4.79 Å². The molecule has 0 saturated carbocycles. The maximum atomic E-state index is 12.8. The number of ether oxygens (including phenoxy) is 1. The van der Waals surface area contributed by atoms with Crippen LogP contribution in [-0.4, -0.2) is 81.4 Å². The SMILES string of the molecule is Cc1nnc(-c2ccc3cnc(NC(=O)N4CCC(N5CCOCC5)CC4)nc3c2)s1. The average Bonchev–Trinajstić information content (AvgIpc) is 3.25. The lowest BCUT2D eigenvalue weighted by Gasteiger charge is -2.39. The lowest BCUT2D eigenvalue weighted by atomic mass is 10.0. The van der Waals surface area contributed by atoms with Crippen molar-refractivity contribution in [2.24, 2.45) is 0 Å². The van der Waals surface area contributed by atoms with Gasteiger partial charge in [-0.15, -0.1) is 10.2 Å². The largest absolute Gasteiger partial charge is 0.379 e. The molecule has 0 radical (unpaired) electrons. The molecule has 1 aromatic carbocycles. The normalized spacial score (nSPS) is 18.4. The molecule has 0 aliphatic carbocycles. The summed E-state index contributed by atoms with van der Waals surface area (Å²) in [6.45, 7) is 6.99. The predicted octanol–water partition coefficient (Wildman–Crippen LogP) is 2.79. The Morgan fingerprint density at radius 1 is 1.16 bits per heavy atom. The lowest BCUT2D eigenvalue weighted by Crippen LogP contribution is -2.50. The maximum absolute atomic E-state index is 12.8. The van der Waals surface area contributed by atoms with Crippen LogP contribution in [0.15, 0.2) is 24.4 Å². The molecule has 0 unspecified atom stereocenters.